The molecule has 3 nitrogen and oxygen atoms in total. The van der Waals surface area contributed by atoms with E-state index < -0.39 is 0 Å². The van der Waals surface area contributed by atoms with E-state index in [-0.39, 0.29) is 23.3 Å². The van der Waals surface area contributed by atoms with Gasteiger partial charge in [-0.05, 0) is 37.7 Å². The summed E-state index contributed by atoms with van der Waals surface area (Å²) in [5, 5.41) is 3.25. The van der Waals surface area contributed by atoms with E-state index in [1.165, 1.54) is 5.56 Å². The Bertz CT molecular complexity index is 483. The van der Waals surface area contributed by atoms with Crippen LogP contribution < -0.4 is 5.32 Å². The van der Waals surface area contributed by atoms with E-state index in [9.17, 15) is 4.79 Å². The Morgan fingerprint density at radius 3 is 2.70 bits per heavy atom. The van der Waals surface area contributed by atoms with E-state index >= 15 is 0 Å². The highest BCUT2D eigenvalue weighted by molar-refractivity contribution is 5.79. The van der Waals surface area contributed by atoms with Gasteiger partial charge in [0, 0.05) is 17.9 Å². The number of carbonyl (C=O) groups is 1. The molecule has 0 saturated heterocycles. The van der Waals surface area contributed by atoms with Crippen molar-refractivity contribution in [3.05, 3.63) is 23.2 Å². The molecule has 1 atom stereocenters. The van der Waals surface area contributed by atoms with Gasteiger partial charge in [0.25, 0.3) is 0 Å². The molecular weight excluding hydrogens is 250 g/mol. The number of aryl methyl sites for hydroxylation is 1. The molecule has 0 aliphatic heterocycles. The number of furan rings is 1. The second-order valence-electron chi connectivity index (χ2n) is 6.86. The van der Waals surface area contributed by atoms with Crippen LogP contribution in [0.4, 0.5) is 0 Å². The molecule has 1 aromatic rings. The fourth-order valence-corrected chi connectivity index (χ4v) is 3.26. The van der Waals surface area contributed by atoms with Gasteiger partial charge in [-0.2, -0.15) is 0 Å². The van der Waals surface area contributed by atoms with Crippen LogP contribution in [0.25, 0.3) is 0 Å². The molecule has 1 aliphatic rings. The molecule has 1 unspecified atom stereocenters. The number of nitrogens with one attached hydrogen (secondary N) is 1. The summed E-state index contributed by atoms with van der Waals surface area (Å²) in [5.41, 5.74) is 1.35. The average molecular weight is 277 g/mol. The lowest BCUT2D eigenvalue weighted by Crippen LogP contribution is -2.38. The van der Waals surface area contributed by atoms with Crippen molar-refractivity contribution >= 4 is 5.91 Å². The zero-order valence-corrected chi connectivity index (χ0v) is 13.4. The van der Waals surface area contributed by atoms with Gasteiger partial charge in [-0.1, -0.05) is 27.7 Å². The van der Waals surface area contributed by atoms with Gasteiger partial charge in [0.1, 0.15) is 11.5 Å². The lowest BCUT2D eigenvalue weighted by molar-refractivity contribution is -0.126. The highest BCUT2D eigenvalue weighted by Gasteiger charge is 2.36. The van der Waals surface area contributed by atoms with Crippen LogP contribution in [0.3, 0.4) is 0 Å². The molecule has 1 aliphatic carbocycles. The van der Waals surface area contributed by atoms with Crippen LogP contribution in [0.1, 0.15) is 70.1 Å². The Labute approximate surface area is 122 Å². The molecule has 112 valence electrons. The fraction of sp³-hybridized carbons (Fsp3) is 0.706. The van der Waals surface area contributed by atoms with Crippen LogP contribution in [0.2, 0.25) is 0 Å². The first-order valence-electron chi connectivity index (χ1n) is 7.76. The van der Waals surface area contributed by atoms with E-state index in [4.69, 9.17) is 4.42 Å². The molecule has 0 bridgehead atoms. The number of hydrogen-bond acceptors (Lipinski definition) is 2. The fourth-order valence-electron chi connectivity index (χ4n) is 3.26. The van der Waals surface area contributed by atoms with Gasteiger partial charge >= 0.3 is 0 Å². The van der Waals surface area contributed by atoms with E-state index in [1.807, 2.05) is 6.92 Å². The molecule has 1 N–H and O–H groups in total. The third kappa shape index (κ3) is 3.08. The second kappa shape index (κ2) is 5.63. The first-order chi connectivity index (χ1) is 9.36. The van der Waals surface area contributed by atoms with E-state index in [1.54, 1.807) is 0 Å². The Morgan fingerprint density at radius 1 is 1.45 bits per heavy atom. The number of carbonyl (C=O) groups excluding carboxylic acids is 1. The molecule has 1 heterocycles. The third-order valence-corrected chi connectivity index (χ3v) is 4.41. The summed E-state index contributed by atoms with van der Waals surface area (Å²) >= 11 is 0. The largest absolute Gasteiger partial charge is 0.466 e. The van der Waals surface area contributed by atoms with Crippen LogP contribution in [-0.4, -0.2) is 5.91 Å². The lowest BCUT2D eigenvalue weighted by atomic mass is 9.74. The highest BCUT2D eigenvalue weighted by atomic mass is 16.3. The van der Waals surface area contributed by atoms with Crippen molar-refractivity contribution in [3.8, 4) is 0 Å². The Kier molecular flexibility index (Phi) is 4.26. The smallest absolute Gasteiger partial charge is 0.223 e. The van der Waals surface area contributed by atoms with Gasteiger partial charge in [-0.3, -0.25) is 4.79 Å². The van der Waals surface area contributed by atoms with Gasteiger partial charge in [0.2, 0.25) is 5.91 Å². The third-order valence-electron chi connectivity index (χ3n) is 4.41. The minimum Gasteiger partial charge on any atom is -0.466 e. The predicted molar refractivity (Wildman–Crippen MR) is 80.5 cm³/mol. The van der Waals surface area contributed by atoms with Crippen LogP contribution in [0, 0.1) is 18.3 Å². The first-order valence-corrected chi connectivity index (χ1v) is 7.76. The lowest BCUT2D eigenvalue weighted by Gasteiger charge is -2.35. The molecule has 2 rings (SSSR count). The normalized spacial score (nSPS) is 20.8. The minimum absolute atomic E-state index is 0.0966. The summed E-state index contributed by atoms with van der Waals surface area (Å²) in [7, 11) is 0. The van der Waals surface area contributed by atoms with Gasteiger partial charge < -0.3 is 9.73 Å². The van der Waals surface area contributed by atoms with Crippen LogP contribution in [0.5, 0.6) is 0 Å². The molecule has 3 heteroatoms. The van der Waals surface area contributed by atoms with Gasteiger partial charge in [-0.25, -0.2) is 0 Å². The second-order valence-corrected chi connectivity index (χ2v) is 6.86. The van der Waals surface area contributed by atoms with Gasteiger partial charge in [-0.15, -0.1) is 0 Å². The molecular formula is C17H27NO2. The molecule has 0 fully saturated rings. The zero-order valence-electron chi connectivity index (χ0n) is 13.4. The predicted octanol–water partition coefficient (Wildman–Crippen LogP) is 4.15. The molecule has 0 spiro atoms. The molecule has 20 heavy (non-hydrogen) atoms. The Morgan fingerprint density at radius 2 is 2.10 bits per heavy atom. The van der Waals surface area contributed by atoms with E-state index in [0.717, 1.165) is 37.2 Å². The van der Waals surface area contributed by atoms with Crippen LogP contribution in [0.15, 0.2) is 10.5 Å². The average Bonchev–Trinajstić information content (AvgIpc) is 2.69. The Hall–Kier alpha value is -1.25. The van der Waals surface area contributed by atoms with Crippen LogP contribution in [-0.2, 0) is 11.2 Å². The zero-order chi connectivity index (χ0) is 14.9. The van der Waals surface area contributed by atoms with Crippen molar-refractivity contribution in [2.45, 2.75) is 66.3 Å². The van der Waals surface area contributed by atoms with Gasteiger partial charge in [0.05, 0.1) is 6.04 Å². The van der Waals surface area contributed by atoms with Crippen molar-refractivity contribution in [1.29, 1.82) is 0 Å². The summed E-state index contributed by atoms with van der Waals surface area (Å²) in [5.74, 6) is 2.29. The number of hydrogen-bond donors (Lipinski definition) is 1. The summed E-state index contributed by atoms with van der Waals surface area (Å²) in [4.78, 5) is 12.4. The number of fused-ring (bicyclic) bond motifs is 1. The number of rotatable bonds is 4. The SMILES string of the molecule is CCC(CC)C(=O)NC1CC(C)(C)Cc2oc(C)cc21. The molecule has 0 radical (unpaired) electrons. The summed E-state index contributed by atoms with van der Waals surface area (Å²) in [6.07, 6.45) is 3.73. The quantitative estimate of drug-likeness (QED) is 0.898. The molecule has 0 saturated carbocycles. The summed E-state index contributed by atoms with van der Waals surface area (Å²) in [6.45, 7) is 10.6. The topological polar surface area (TPSA) is 42.2 Å². The standard InChI is InChI=1S/C17H27NO2/c1-6-12(7-2)16(19)18-14-9-17(4,5)10-15-13(14)8-11(3)20-15/h8,12,14H,6-7,9-10H2,1-5H3,(H,18,19). The maximum atomic E-state index is 12.4. The van der Waals surface area contributed by atoms with Crippen molar-refractivity contribution in [3.63, 3.8) is 0 Å². The molecule has 1 aromatic heterocycles. The molecule has 1 amide bonds. The van der Waals surface area contributed by atoms with Crippen molar-refractivity contribution < 1.29 is 9.21 Å². The van der Waals surface area contributed by atoms with Gasteiger partial charge in [0.15, 0.2) is 0 Å². The minimum atomic E-state index is 0.0966. The summed E-state index contributed by atoms with van der Waals surface area (Å²) in [6, 6.07) is 2.18. The van der Waals surface area contributed by atoms with Crippen molar-refractivity contribution in [1.82, 2.24) is 5.32 Å². The number of amides is 1. The maximum Gasteiger partial charge on any atom is 0.223 e. The summed E-state index contributed by atoms with van der Waals surface area (Å²) < 4.78 is 5.82. The van der Waals surface area contributed by atoms with Crippen LogP contribution >= 0.6 is 0 Å². The maximum absolute atomic E-state index is 12.4. The molecule has 0 aromatic carbocycles. The van der Waals surface area contributed by atoms with E-state index in [0.29, 0.717) is 0 Å². The Balaban J connectivity index is 2.21. The highest BCUT2D eigenvalue weighted by Crippen LogP contribution is 2.42. The van der Waals surface area contributed by atoms with E-state index in [2.05, 4.69) is 39.1 Å². The van der Waals surface area contributed by atoms with Crippen molar-refractivity contribution in [2.75, 3.05) is 0 Å². The monoisotopic (exact) mass is 277 g/mol. The first kappa shape index (κ1) is 15.1. The van der Waals surface area contributed by atoms with Crippen molar-refractivity contribution in [2.24, 2.45) is 11.3 Å².